The first-order valence-electron chi connectivity index (χ1n) is 6.79. The maximum Gasteiger partial charge on any atom is 0.333 e. The highest BCUT2D eigenvalue weighted by Gasteiger charge is 2.14. The van der Waals surface area contributed by atoms with Crippen molar-refractivity contribution in [1.82, 2.24) is 9.55 Å². The van der Waals surface area contributed by atoms with E-state index in [-0.39, 0.29) is 11.6 Å². The minimum absolute atomic E-state index is 0.0345. The van der Waals surface area contributed by atoms with E-state index in [9.17, 15) is 9.90 Å². The Bertz CT molecular complexity index is 799. The summed E-state index contributed by atoms with van der Waals surface area (Å²) in [5.74, 6) is -0.0345. The zero-order valence-electron chi connectivity index (χ0n) is 11.7. The van der Waals surface area contributed by atoms with Crippen molar-refractivity contribution < 1.29 is 5.11 Å². The minimum atomic E-state index is -0.331. The summed E-state index contributed by atoms with van der Waals surface area (Å²) in [6.45, 7) is 1.98. The van der Waals surface area contributed by atoms with E-state index in [2.05, 4.69) is 4.98 Å². The molecule has 0 saturated carbocycles. The first kappa shape index (κ1) is 13.2. The van der Waals surface area contributed by atoms with Crippen molar-refractivity contribution in [2.75, 3.05) is 0 Å². The van der Waals surface area contributed by atoms with Crippen LogP contribution in [-0.2, 0) is 6.42 Å². The maximum absolute atomic E-state index is 12.1. The molecule has 0 atom stereocenters. The largest absolute Gasteiger partial charge is 0.493 e. The Hall–Kier alpha value is -2.75. The number of aromatic nitrogens is 2. The number of hydrogen-bond donors (Lipinski definition) is 2. The average Bonchev–Trinajstić information content (AvgIpc) is 2.76. The number of rotatable bonds is 3. The summed E-state index contributed by atoms with van der Waals surface area (Å²) in [4.78, 5) is 14.8. The van der Waals surface area contributed by atoms with E-state index < -0.39 is 0 Å². The van der Waals surface area contributed by atoms with Crippen molar-refractivity contribution in [3.63, 3.8) is 0 Å². The fourth-order valence-electron chi connectivity index (χ4n) is 2.33. The Kier molecular flexibility index (Phi) is 3.36. The lowest BCUT2D eigenvalue weighted by Crippen LogP contribution is -2.14. The number of aromatic amines is 1. The molecule has 3 rings (SSSR count). The van der Waals surface area contributed by atoms with Crippen LogP contribution in [0.4, 0.5) is 0 Å². The van der Waals surface area contributed by atoms with Crippen LogP contribution >= 0.6 is 0 Å². The molecule has 0 radical (unpaired) electrons. The zero-order chi connectivity index (χ0) is 14.8. The van der Waals surface area contributed by atoms with E-state index in [1.165, 1.54) is 4.57 Å². The van der Waals surface area contributed by atoms with Crippen molar-refractivity contribution >= 4 is 0 Å². The molecule has 2 N–H and O–H groups in total. The van der Waals surface area contributed by atoms with Crippen LogP contribution in [0.15, 0.2) is 59.4 Å². The quantitative estimate of drug-likeness (QED) is 0.775. The molecular formula is C17H16N2O2. The van der Waals surface area contributed by atoms with Gasteiger partial charge in [-0.2, -0.15) is 0 Å². The molecule has 1 aromatic heterocycles. The molecule has 0 fully saturated rings. The van der Waals surface area contributed by atoms with Crippen LogP contribution in [0, 0.1) is 6.92 Å². The van der Waals surface area contributed by atoms with Crippen molar-refractivity contribution in [2.24, 2.45) is 0 Å². The van der Waals surface area contributed by atoms with Gasteiger partial charge in [-0.15, -0.1) is 0 Å². The molecular weight excluding hydrogens is 264 g/mol. The number of nitrogens with one attached hydrogen (secondary N) is 1. The van der Waals surface area contributed by atoms with Crippen molar-refractivity contribution in [2.45, 2.75) is 13.3 Å². The molecule has 106 valence electrons. The predicted molar refractivity (Wildman–Crippen MR) is 82.0 cm³/mol. The van der Waals surface area contributed by atoms with Gasteiger partial charge in [-0.05, 0) is 24.6 Å². The third-order valence-corrected chi connectivity index (χ3v) is 3.46. The van der Waals surface area contributed by atoms with Gasteiger partial charge in [-0.25, -0.2) is 9.36 Å². The highest BCUT2D eigenvalue weighted by Crippen LogP contribution is 2.21. The Balaban J connectivity index is 2.01. The molecule has 0 aliphatic carbocycles. The number of benzene rings is 2. The van der Waals surface area contributed by atoms with E-state index in [1.54, 1.807) is 0 Å². The lowest BCUT2D eigenvalue weighted by Gasteiger charge is -2.04. The van der Waals surface area contributed by atoms with E-state index in [0.29, 0.717) is 17.8 Å². The van der Waals surface area contributed by atoms with Crippen molar-refractivity contribution in [3.05, 3.63) is 81.9 Å². The molecule has 0 aliphatic rings. The smallest absolute Gasteiger partial charge is 0.333 e. The van der Waals surface area contributed by atoms with Gasteiger partial charge in [0.1, 0.15) is 0 Å². The number of aryl methyl sites for hydroxylation is 1. The summed E-state index contributed by atoms with van der Waals surface area (Å²) in [5, 5.41) is 10.3. The summed E-state index contributed by atoms with van der Waals surface area (Å²) >= 11 is 0. The monoisotopic (exact) mass is 280 g/mol. The second kappa shape index (κ2) is 5.32. The molecule has 4 nitrogen and oxygen atoms in total. The molecule has 0 spiro atoms. The van der Waals surface area contributed by atoms with Crippen LogP contribution in [0.2, 0.25) is 0 Å². The summed E-state index contributed by atoms with van der Waals surface area (Å²) in [6, 6.07) is 17.2. The number of nitrogens with zero attached hydrogens (tertiary/aromatic N) is 1. The Labute approximate surface area is 122 Å². The van der Waals surface area contributed by atoms with Gasteiger partial charge in [0.05, 0.1) is 11.4 Å². The molecule has 1 heterocycles. The molecule has 3 aromatic rings. The Morgan fingerprint density at radius 3 is 2.38 bits per heavy atom. The van der Waals surface area contributed by atoms with E-state index in [4.69, 9.17) is 0 Å². The molecule has 0 amide bonds. The van der Waals surface area contributed by atoms with E-state index in [1.807, 2.05) is 61.5 Å². The van der Waals surface area contributed by atoms with Gasteiger partial charge in [0.25, 0.3) is 0 Å². The van der Waals surface area contributed by atoms with Crippen molar-refractivity contribution in [1.29, 1.82) is 0 Å². The van der Waals surface area contributed by atoms with Gasteiger partial charge >= 0.3 is 5.69 Å². The van der Waals surface area contributed by atoms with Gasteiger partial charge in [0, 0.05) is 6.42 Å². The second-order valence-electron chi connectivity index (χ2n) is 5.07. The van der Waals surface area contributed by atoms with E-state index in [0.717, 1.165) is 11.1 Å². The first-order chi connectivity index (χ1) is 10.1. The second-order valence-corrected chi connectivity index (χ2v) is 5.07. The summed E-state index contributed by atoms with van der Waals surface area (Å²) < 4.78 is 1.29. The van der Waals surface area contributed by atoms with Crippen LogP contribution < -0.4 is 5.69 Å². The molecule has 0 aliphatic heterocycles. The highest BCUT2D eigenvalue weighted by molar-refractivity contribution is 5.40. The van der Waals surface area contributed by atoms with Crippen LogP contribution in [0.3, 0.4) is 0 Å². The van der Waals surface area contributed by atoms with Crippen LogP contribution in [0.25, 0.3) is 5.69 Å². The zero-order valence-corrected chi connectivity index (χ0v) is 11.7. The van der Waals surface area contributed by atoms with Gasteiger partial charge in [0.2, 0.25) is 5.88 Å². The SMILES string of the molecule is Cc1ccc(-n2c(O)c(Cc3ccccc3)[nH]c2=O)cc1. The molecule has 4 heteroatoms. The average molecular weight is 280 g/mol. The molecule has 21 heavy (non-hydrogen) atoms. The third kappa shape index (κ3) is 2.60. The number of hydrogen-bond acceptors (Lipinski definition) is 2. The normalized spacial score (nSPS) is 10.7. The minimum Gasteiger partial charge on any atom is -0.493 e. The Morgan fingerprint density at radius 2 is 1.71 bits per heavy atom. The number of imidazole rings is 1. The summed E-state index contributed by atoms with van der Waals surface area (Å²) in [5.41, 5.74) is 2.98. The van der Waals surface area contributed by atoms with Gasteiger partial charge < -0.3 is 10.1 Å². The van der Waals surface area contributed by atoms with E-state index >= 15 is 0 Å². The lowest BCUT2D eigenvalue weighted by atomic mass is 10.1. The fourth-order valence-corrected chi connectivity index (χ4v) is 2.33. The summed E-state index contributed by atoms with van der Waals surface area (Å²) in [6.07, 6.45) is 0.487. The molecule has 0 unspecified atom stereocenters. The lowest BCUT2D eigenvalue weighted by molar-refractivity contribution is 0.435. The molecule has 0 saturated heterocycles. The predicted octanol–water partition coefficient (Wildman–Crippen LogP) is 2.77. The number of H-pyrrole nitrogens is 1. The number of aromatic hydroxyl groups is 1. The standard InChI is InChI=1S/C17H16N2O2/c1-12-7-9-14(10-8-12)19-16(20)15(18-17(19)21)11-13-5-3-2-4-6-13/h2-10,20H,11H2,1H3,(H,18,21). The van der Waals surface area contributed by atoms with Gasteiger partial charge in [-0.3, -0.25) is 0 Å². The topological polar surface area (TPSA) is 58.0 Å². The maximum atomic E-state index is 12.1. The van der Waals surface area contributed by atoms with Gasteiger partial charge in [-0.1, -0.05) is 48.0 Å². The Morgan fingerprint density at radius 1 is 1.05 bits per heavy atom. The summed E-state index contributed by atoms with van der Waals surface area (Å²) in [7, 11) is 0. The highest BCUT2D eigenvalue weighted by atomic mass is 16.3. The van der Waals surface area contributed by atoms with Gasteiger partial charge in [0.15, 0.2) is 0 Å². The fraction of sp³-hybridized carbons (Fsp3) is 0.118. The molecule has 2 aromatic carbocycles. The van der Waals surface area contributed by atoms with Crippen molar-refractivity contribution in [3.8, 4) is 11.6 Å². The van der Waals surface area contributed by atoms with Crippen LogP contribution in [-0.4, -0.2) is 14.7 Å². The molecule has 0 bridgehead atoms. The van der Waals surface area contributed by atoms with Crippen LogP contribution in [0.5, 0.6) is 5.88 Å². The third-order valence-electron chi connectivity index (χ3n) is 3.46. The first-order valence-corrected chi connectivity index (χ1v) is 6.79. The van der Waals surface area contributed by atoms with Crippen LogP contribution in [0.1, 0.15) is 16.8 Å².